The molecule has 2 aromatic rings. The Hall–Kier alpha value is -3.10. The first-order chi connectivity index (χ1) is 18.7. The van der Waals surface area contributed by atoms with Gasteiger partial charge in [-0.3, -0.25) is 9.59 Å². The molecule has 1 heterocycles. The summed E-state index contributed by atoms with van der Waals surface area (Å²) in [6.45, 7) is 11.9. The van der Waals surface area contributed by atoms with Crippen LogP contribution in [0.5, 0.6) is 11.5 Å². The molecule has 1 saturated heterocycles. The average molecular weight is 540 g/mol. The zero-order chi connectivity index (χ0) is 28.4. The van der Waals surface area contributed by atoms with Crippen LogP contribution in [0.25, 0.3) is 0 Å². The summed E-state index contributed by atoms with van der Waals surface area (Å²) in [4.78, 5) is 30.8. The molecular weight excluding hydrogens is 494 g/mol. The SMILES string of the molecule is COCCCOc1cc(C(=O)N(CC2CNCC2CN(C(=O)Cc2ccccc2)C(C)C)C(C)C)ccc1O. The van der Waals surface area contributed by atoms with Crippen LogP contribution in [0, 0.1) is 11.8 Å². The Bertz CT molecular complexity index is 1060. The lowest BCUT2D eigenvalue weighted by atomic mass is 9.93. The van der Waals surface area contributed by atoms with Crippen LogP contribution in [0.3, 0.4) is 0 Å². The Balaban J connectivity index is 1.69. The lowest BCUT2D eigenvalue weighted by Gasteiger charge is -2.35. The molecule has 2 atom stereocenters. The van der Waals surface area contributed by atoms with E-state index in [0.717, 1.165) is 18.7 Å². The number of benzene rings is 2. The summed E-state index contributed by atoms with van der Waals surface area (Å²) < 4.78 is 10.8. The molecule has 1 aliphatic heterocycles. The van der Waals surface area contributed by atoms with Crippen LogP contribution >= 0.6 is 0 Å². The monoisotopic (exact) mass is 539 g/mol. The number of carbonyl (C=O) groups excluding carboxylic acids is 2. The van der Waals surface area contributed by atoms with Crippen molar-refractivity contribution in [2.24, 2.45) is 11.8 Å². The van der Waals surface area contributed by atoms with E-state index in [1.54, 1.807) is 19.2 Å². The van der Waals surface area contributed by atoms with E-state index in [-0.39, 0.29) is 41.5 Å². The Kier molecular flexibility index (Phi) is 11.6. The second-order valence-electron chi connectivity index (χ2n) is 10.9. The van der Waals surface area contributed by atoms with Crippen molar-refractivity contribution >= 4 is 11.8 Å². The fraction of sp³-hybridized carbons (Fsp3) is 0.548. The quantitative estimate of drug-likeness (QED) is 0.353. The maximum atomic E-state index is 13.6. The minimum absolute atomic E-state index is 0.00840. The fourth-order valence-corrected chi connectivity index (χ4v) is 5.03. The molecule has 8 heteroatoms. The van der Waals surface area contributed by atoms with Crippen molar-refractivity contribution in [1.29, 1.82) is 0 Å². The van der Waals surface area contributed by atoms with E-state index in [9.17, 15) is 14.7 Å². The van der Waals surface area contributed by atoms with Crippen LogP contribution in [0.15, 0.2) is 48.5 Å². The average Bonchev–Trinajstić information content (AvgIpc) is 3.35. The lowest BCUT2D eigenvalue weighted by Crippen LogP contribution is -2.46. The Morgan fingerprint density at radius 2 is 1.59 bits per heavy atom. The highest BCUT2D eigenvalue weighted by molar-refractivity contribution is 5.95. The minimum Gasteiger partial charge on any atom is -0.504 e. The minimum atomic E-state index is -0.0988. The molecule has 2 aromatic carbocycles. The highest BCUT2D eigenvalue weighted by Crippen LogP contribution is 2.29. The van der Waals surface area contributed by atoms with Crippen molar-refractivity contribution in [2.45, 2.75) is 52.6 Å². The third-order valence-corrected chi connectivity index (χ3v) is 7.33. The number of amides is 2. The molecule has 0 aliphatic carbocycles. The summed E-state index contributed by atoms with van der Waals surface area (Å²) in [5.74, 6) is 0.781. The predicted octanol–water partition coefficient (Wildman–Crippen LogP) is 3.97. The van der Waals surface area contributed by atoms with Crippen LogP contribution in [-0.2, 0) is 16.0 Å². The number of phenolic OH excluding ortho intramolecular Hbond substituents is 1. The third-order valence-electron chi connectivity index (χ3n) is 7.33. The molecule has 0 spiro atoms. The Morgan fingerprint density at radius 3 is 2.21 bits per heavy atom. The van der Waals surface area contributed by atoms with Crippen molar-refractivity contribution in [3.8, 4) is 11.5 Å². The molecule has 8 nitrogen and oxygen atoms in total. The van der Waals surface area contributed by atoms with E-state index in [2.05, 4.69) is 19.2 Å². The number of nitrogens with one attached hydrogen (secondary N) is 1. The van der Waals surface area contributed by atoms with Gasteiger partial charge in [0, 0.05) is 64.0 Å². The summed E-state index contributed by atoms with van der Waals surface area (Å²) in [6.07, 6.45) is 1.07. The molecular formula is C31H45N3O5. The predicted molar refractivity (Wildman–Crippen MR) is 153 cm³/mol. The van der Waals surface area contributed by atoms with E-state index < -0.39 is 0 Å². The molecule has 39 heavy (non-hydrogen) atoms. The molecule has 3 rings (SSSR count). The number of methoxy groups -OCH3 is 1. The molecule has 2 N–H and O–H groups in total. The molecule has 1 aliphatic rings. The summed E-state index contributed by atoms with van der Waals surface area (Å²) in [7, 11) is 1.63. The summed E-state index contributed by atoms with van der Waals surface area (Å²) in [5, 5.41) is 13.7. The van der Waals surface area contributed by atoms with E-state index in [1.807, 2.05) is 54.0 Å². The first-order valence-corrected chi connectivity index (χ1v) is 14.0. The van der Waals surface area contributed by atoms with Crippen LogP contribution in [0.4, 0.5) is 0 Å². The Labute approximate surface area is 233 Å². The van der Waals surface area contributed by atoms with Gasteiger partial charge >= 0.3 is 0 Å². The van der Waals surface area contributed by atoms with E-state index in [0.29, 0.717) is 50.5 Å². The summed E-state index contributed by atoms with van der Waals surface area (Å²) in [6, 6.07) is 14.7. The van der Waals surface area contributed by atoms with Crippen molar-refractivity contribution < 1.29 is 24.2 Å². The number of hydrogen-bond donors (Lipinski definition) is 2. The van der Waals surface area contributed by atoms with Gasteiger partial charge in [-0.25, -0.2) is 0 Å². The highest BCUT2D eigenvalue weighted by atomic mass is 16.5. The van der Waals surface area contributed by atoms with Gasteiger partial charge in [0.05, 0.1) is 13.0 Å². The first-order valence-electron chi connectivity index (χ1n) is 14.0. The maximum absolute atomic E-state index is 13.6. The fourth-order valence-electron chi connectivity index (χ4n) is 5.03. The van der Waals surface area contributed by atoms with Crippen molar-refractivity contribution in [1.82, 2.24) is 15.1 Å². The standard InChI is InChI=1S/C31H45N3O5/c1-22(2)33(30(36)16-24-10-7-6-8-11-24)20-26-18-32-19-27(26)21-34(23(3)4)31(37)25-12-13-28(35)29(17-25)39-15-9-14-38-5/h6-8,10-13,17,22-23,26-27,32,35H,9,14-16,18-21H2,1-5H3. The van der Waals surface area contributed by atoms with Gasteiger partial charge in [-0.15, -0.1) is 0 Å². The van der Waals surface area contributed by atoms with E-state index in [1.165, 1.54) is 6.07 Å². The van der Waals surface area contributed by atoms with Gasteiger partial charge in [-0.1, -0.05) is 30.3 Å². The summed E-state index contributed by atoms with van der Waals surface area (Å²) in [5.41, 5.74) is 1.49. The van der Waals surface area contributed by atoms with E-state index >= 15 is 0 Å². The van der Waals surface area contributed by atoms with Crippen LogP contribution in [0.1, 0.15) is 50.0 Å². The van der Waals surface area contributed by atoms with Crippen LogP contribution in [-0.4, -0.2) is 85.3 Å². The molecule has 1 fully saturated rings. The number of carbonyl (C=O) groups is 2. The van der Waals surface area contributed by atoms with Crippen molar-refractivity contribution in [3.05, 3.63) is 59.7 Å². The number of aromatic hydroxyl groups is 1. The zero-order valence-electron chi connectivity index (χ0n) is 24.1. The summed E-state index contributed by atoms with van der Waals surface area (Å²) >= 11 is 0. The van der Waals surface area contributed by atoms with Gasteiger partial charge in [0.15, 0.2) is 11.5 Å². The number of nitrogens with zero attached hydrogens (tertiary/aromatic N) is 2. The third kappa shape index (κ3) is 8.70. The Morgan fingerprint density at radius 1 is 0.949 bits per heavy atom. The number of ether oxygens (including phenoxy) is 2. The normalized spacial score (nSPS) is 17.0. The number of hydrogen-bond acceptors (Lipinski definition) is 6. The molecule has 0 saturated carbocycles. The van der Waals surface area contributed by atoms with Gasteiger partial charge in [0.2, 0.25) is 5.91 Å². The topological polar surface area (TPSA) is 91.3 Å². The van der Waals surface area contributed by atoms with Crippen molar-refractivity contribution in [3.63, 3.8) is 0 Å². The second kappa shape index (κ2) is 14.9. The first kappa shape index (κ1) is 30.4. The zero-order valence-corrected chi connectivity index (χ0v) is 24.1. The molecule has 214 valence electrons. The van der Waals surface area contributed by atoms with Gasteiger partial charge in [-0.05, 0) is 63.3 Å². The van der Waals surface area contributed by atoms with Crippen molar-refractivity contribution in [2.75, 3.05) is 46.5 Å². The van der Waals surface area contributed by atoms with Gasteiger partial charge < -0.3 is 29.7 Å². The van der Waals surface area contributed by atoms with Crippen LogP contribution < -0.4 is 10.1 Å². The van der Waals surface area contributed by atoms with Gasteiger partial charge in [0.1, 0.15) is 0 Å². The van der Waals surface area contributed by atoms with Gasteiger partial charge in [0.25, 0.3) is 5.91 Å². The highest BCUT2D eigenvalue weighted by Gasteiger charge is 2.34. The smallest absolute Gasteiger partial charge is 0.254 e. The molecule has 2 amide bonds. The molecule has 2 unspecified atom stereocenters. The molecule has 0 aromatic heterocycles. The molecule has 0 radical (unpaired) electrons. The van der Waals surface area contributed by atoms with Crippen LogP contribution in [0.2, 0.25) is 0 Å². The maximum Gasteiger partial charge on any atom is 0.254 e. The number of phenols is 1. The second-order valence-corrected chi connectivity index (χ2v) is 10.9. The largest absolute Gasteiger partial charge is 0.504 e. The number of rotatable bonds is 14. The van der Waals surface area contributed by atoms with E-state index in [4.69, 9.17) is 9.47 Å². The lowest BCUT2D eigenvalue weighted by molar-refractivity contribution is -0.133. The van der Waals surface area contributed by atoms with Gasteiger partial charge in [-0.2, -0.15) is 0 Å². The molecule has 0 bridgehead atoms.